The lowest BCUT2D eigenvalue weighted by molar-refractivity contribution is 0.000437. The molecule has 6 nitrogen and oxygen atoms in total. The highest BCUT2D eigenvalue weighted by atomic mass is 35.5. The predicted molar refractivity (Wildman–Crippen MR) is 79.4 cm³/mol. The first-order chi connectivity index (χ1) is 9.56. The number of nitrogens with zero attached hydrogens (tertiary/aromatic N) is 2. The van der Waals surface area contributed by atoms with Gasteiger partial charge >= 0.3 is 0 Å². The quantitative estimate of drug-likeness (QED) is 0.537. The Kier molecular flexibility index (Phi) is 7.47. The van der Waals surface area contributed by atoms with Gasteiger partial charge in [-0.25, -0.2) is 5.43 Å². The van der Waals surface area contributed by atoms with E-state index in [2.05, 4.69) is 24.4 Å². The van der Waals surface area contributed by atoms with E-state index in [1.54, 1.807) is 13.3 Å². The molecule has 1 aromatic rings. The molecule has 1 heterocycles. The van der Waals surface area contributed by atoms with Crippen LogP contribution in [0, 0.1) is 5.92 Å². The molecule has 0 radical (unpaired) electrons. The molecule has 0 bridgehead atoms. The minimum atomic E-state index is -0.221. The van der Waals surface area contributed by atoms with Gasteiger partial charge in [0.2, 0.25) is 0 Å². The van der Waals surface area contributed by atoms with E-state index in [0.29, 0.717) is 24.8 Å². The molecule has 1 aromatic heterocycles. The monoisotopic (exact) mass is 304 g/mol. The predicted octanol–water partition coefficient (Wildman–Crippen LogP) is 1.75. The fourth-order valence-electron chi connectivity index (χ4n) is 2.23. The molecule has 116 valence electrons. The van der Waals surface area contributed by atoms with Crippen LogP contribution in [-0.4, -0.2) is 36.2 Å². The molecule has 0 aliphatic heterocycles. The summed E-state index contributed by atoms with van der Waals surface area (Å²) in [4.78, 5) is 0. The third kappa shape index (κ3) is 4.17. The van der Waals surface area contributed by atoms with E-state index in [1.165, 1.54) is 0 Å². The van der Waals surface area contributed by atoms with Crippen molar-refractivity contribution in [3.8, 4) is 0 Å². The molecule has 7 heteroatoms. The average molecular weight is 305 g/mol. The number of nitrogens with one attached hydrogen (secondary N) is 1. The molecule has 0 aliphatic rings. The van der Waals surface area contributed by atoms with Gasteiger partial charge < -0.3 is 9.47 Å². The van der Waals surface area contributed by atoms with Crippen molar-refractivity contribution >= 4 is 11.6 Å². The van der Waals surface area contributed by atoms with E-state index >= 15 is 0 Å². The third-order valence-corrected chi connectivity index (χ3v) is 3.45. The second-order valence-corrected chi connectivity index (χ2v) is 5.31. The minimum absolute atomic E-state index is 0.0829. The number of nitrogens with two attached hydrogens (primary N) is 1. The van der Waals surface area contributed by atoms with Gasteiger partial charge in [-0.15, -0.1) is 0 Å². The van der Waals surface area contributed by atoms with Gasteiger partial charge in [-0.3, -0.25) is 10.5 Å². The van der Waals surface area contributed by atoms with Gasteiger partial charge in [0.15, 0.2) is 0 Å². The molecule has 1 rings (SSSR count). The summed E-state index contributed by atoms with van der Waals surface area (Å²) in [5, 5.41) is 4.86. The first-order valence-corrected chi connectivity index (χ1v) is 7.22. The summed E-state index contributed by atoms with van der Waals surface area (Å²) < 4.78 is 12.7. The Balaban J connectivity index is 3.06. The van der Waals surface area contributed by atoms with Crippen LogP contribution in [0.3, 0.4) is 0 Å². The number of hydrogen-bond donors (Lipinski definition) is 2. The summed E-state index contributed by atoms with van der Waals surface area (Å²) in [7, 11) is 1.65. The van der Waals surface area contributed by atoms with Crippen molar-refractivity contribution in [2.45, 2.75) is 39.5 Å². The van der Waals surface area contributed by atoms with Crippen LogP contribution in [0.15, 0.2) is 6.20 Å². The van der Waals surface area contributed by atoms with Crippen LogP contribution in [0.1, 0.15) is 32.5 Å². The van der Waals surface area contributed by atoms with Crippen LogP contribution >= 0.6 is 11.6 Å². The summed E-state index contributed by atoms with van der Waals surface area (Å²) in [5.74, 6) is 6.03. The zero-order valence-corrected chi connectivity index (χ0v) is 13.4. The molecule has 0 spiro atoms. The SMILES string of the molecule is CCOC(C(C)C)C(NN)c1c(Cl)cnn1CCOC. The summed E-state index contributed by atoms with van der Waals surface area (Å²) in [6.45, 7) is 7.94. The molecule has 20 heavy (non-hydrogen) atoms. The van der Waals surface area contributed by atoms with Gasteiger partial charge in [0.05, 0.1) is 42.2 Å². The van der Waals surface area contributed by atoms with Crippen LogP contribution in [0.2, 0.25) is 5.02 Å². The number of ether oxygens (including phenoxy) is 2. The summed E-state index contributed by atoms with van der Waals surface area (Å²) >= 11 is 6.27. The Hall–Kier alpha value is -0.660. The Morgan fingerprint density at radius 2 is 2.20 bits per heavy atom. The van der Waals surface area contributed by atoms with Crippen molar-refractivity contribution in [1.29, 1.82) is 0 Å². The molecule has 0 aromatic carbocycles. The molecular weight excluding hydrogens is 280 g/mol. The highest BCUT2D eigenvalue weighted by Gasteiger charge is 2.30. The molecule has 0 saturated carbocycles. The number of hydrazine groups is 1. The van der Waals surface area contributed by atoms with Gasteiger partial charge in [-0.05, 0) is 12.8 Å². The largest absolute Gasteiger partial charge is 0.383 e. The smallest absolute Gasteiger partial charge is 0.0907 e. The Morgan fingerprint density at radius 3 is 2.70 bits per heavy atom. The normalized spacial score (nSPS) is 14.8. The Labute approximate surface area is 125 Å². The van der Waals surface area contributed by atoms with Crippen molar-refractivity contribution in [2.75, 3.05) is 20.3 Å². The van der Waals surface area contributed by atoms with Crippen LogP contribution in [0.5, 0.6) is 0 Å². The van der Waals surface area contributed by atoms with Gasteiger partial charge in [0.1, 0.15) is 0 Å². The molecule has 2 unspecified atom stereocenters. The minimum Gasteiger partial charge on any atom is -0.383 e. The molecule has 0 amide bonds. The van der Waals surface area contributed by atoms with Crippen LogP contribution in [0.25, 0.3) is 0 Å². The number of rotatable bonds is 9. The van der Waals surface area contributed by atoms with Crippen LogP contribution < -0.4 is 11.3 Å². The van der Waals surface area contributed by atoms with E-state index in [-0.39, 0.29) is 18.1 Å². The maximum absolute atomic E-state index is 6.27. The van der Waals surface area contributed by atoms with Crippen molar-refractivity contribution in [3.63, 3.8) is 0 Å². The fourth-order valence-corrected chi connectivity index (χ4v) is 2.49. The lowest BCUT2D eigenvalue weighted by atomic mass is 9.97. The fraction of sp³-hybridized carbons (Fsp3) is 0.769. The molecule has 3 N–H and O–H groups in total. The van der Waals surface area contributed by atoms with Gasteiger partial charge in [-0.1, -0.05) is 25.4 Å². The van der Waals surface area contributed by atoms with Crippen molar-refractivity contribution in [3.05, 3.63) is 16.9 Å². The zero-order valence-electron chi connectivity index (χ0n) is 12.6. The molecule has 2 atom stereocenters. The Bertz CT molecular complexity index is 398. The first-order valence-electron chi connectivity index (χ1n) is 6.84. The maximum atomic E-state index is 6.27. The van der Waals surface area contributed by atoms with E-state index in [1.807, 2.05) is 11.6 Å². The van der Waals surface area contributed by atoms with E-state index in [9.17, 15) is 0 Å². The topological polar surface area (TPSA) is 74.3 Å². The number of hydrogen-bond acceptors (Lipinski definition) is 5. The molecule has 0 saturated heterocycles. The second kappa shape index (κ2) is 8.59. The van der Waals surface area contributed by atoms with E-state index < -0.39 is 0 Å². The van der Waals surface area contributed by atoms with Crippen LogP contribution in [-0.2, 0) is 16.0 Å². The lowest BCUT2D eigenvalue weighted by Crippen LogP contribution is -2.42. The van der Waals surface area contributed by atoms with Crippen molar-refractivity contribution in [2.24, 2.45) is 11.8 Å². The standard InChI is InChI=1S/C13H25ClN4O2/c1-5-20-13(9(2)3)11(17-15)12-10(14)8-16-18(12)6-7-19-4/h8-9,11,13,17H,5-7,15H2,1-4H3. The summed E-state index contributed by atoms with van der Waals surface area (Å²) in [5.41, 5.74) is 3.65. The lowest BCUT2D eigenvalue weighted by Gasteiger charge is -2.30. The summed E-state index contributed by atoms with van der Waals surface area (Å²) in [6.07, 6.45) is 1.54. The van der Waals surface area contributed by atoms with E-state index in [0.717, 1.165) is 5.69 Å². The van der Waals surface area contributed by atoms with Gasteiger partial charge in [-0.2, -0.15) is 5.10 Å². The first kappa shape index (κ1) is 17.4. The van der Waals surface area contributed by atoms with E-state index in [4.69, 9.17) is 26.9 Å². The van der Waals surface area contributed by atoms with Gasteiger partial charge in [0, 0.05) is 13.7 Å². The number of methoxy groups -OCH3 is 1. The maximum Gasteiger partial charge on any atom is 0.0907 e. The van der Waals surface area contributed by atoms with Gasteiger partial charge in [0.25, 0.3) is 0 Å². The summed E-state index contributed by atoms with van der Waals surface area (Å²) in [6, 6.07) is -0.221. The number of aromatic nitrogens is 2. The van der Waals surface area contributed by atoms with Crippen molar-refractivity contribution < 1.29 is 9.47 Å². The third-order valence-electron chi connectivity index (χ3n) is 3.16. The molecule has 0 fully saturated rings. The second-order valence-electron chi connectivity index (χ2n) is 4.90. The zero-order chi connectivity index (χ0) is 15.1. The highest BCUT2D eigenvalue weighted by Crippen LogP contribution is 2.29. The molecular formula is C13H25ClN4O2. The molecule has 0 aliphatic carbocycles. The Morgan fingerprint density at radius 1 is 1.50 bits per heavy atom. The highest BCUT2D eigenvalue weighted by molar-refractivity contribution is 6.31. The van der Waals surface area contributed by atoms with Crippen LogP contribution in [0.4, 0.5) is 0 Å². The number of halogens is 1. The van der Waals surface area contributed by atoms with Crippen molar-refractivity contribution in [1.82, 2.24) is 15.2 Å². The average Bonchev–Trinajstić information content (AvgIpc) is 2.78.